The van der Waals surface area contributed by atoms with Gasteiger partial charge in [0.15, 0.2) is 0 Å². The summed E-state index contributed by atoms with van der Waals surface area (Å²) in [6.45, 7) is 0. The lowest BCUT2D eigenvalue weighted by Crippen LogP contribution is -2.20. The summed E-state index contributed by atoms with van der Waals surface area (Å²) in [5.74, 6) is -0.225. The maximum atomic E-state index is 10.3. The van der Waals surface area contributed by atoms with E-state index in [1.807, 2.05) is 30.3 Å². The summed E-state index contributed by atoms with van der Waals surface area (Å²) in [6, 6.07) is 9.37. The summed E-state index contributed by atoms with van der Waals surface area (Å²) < 4.78 is 0. The zero-order chi connectivity index (χ0) is 9.68. The molecule has 3 N–H and O–H groups in total. The van der Waals surface area contributed by atoms with Crippen molar-refractivity contribution in [2.75, 3.05) is 0 Å². The largest absolute Gasteiger partial charge is 0.387 e. The van der Waals surface area contributed by atoms with Crippen molar-refractivity contribution in [3.63, 3.8) is 0 Å². The van der Waals surface area contributed by atoms with Crippen LogP contribution in [-0.4, -0.2) is 12.1 Å². The fourth-order valence-corrected chi connectivity index (χ4v) is 1.22. The fourth-order valence-electron chi connectivity index (χ4n) is 1.22. The van der Waals surface area contributed by atoms with Gasteiger partial charge in [0.1, 0.15) is 6.29 Å². The predicted octanol–water partition coefficient (Wildman–Crippen LogP) is 1.30. The molecule has 1 atom stereocenters. The van der Waals surface area contributed by atoms with Crippen LogP contribution in [0.25, 0.3) is 0 Å². The van der Waals surface area contributed by atoms with Gasteiger partial charge in [-0.15, -0.1) is 0 Å². The highest BCUT2D eigenvalue weighted by Crippen LogP contribution is 2.17. The van der Waals surface area contributed by atoms with Gasteiger partial charge in [-0.25, -0.2) is 0 Å². The lowest BCUT2D eigenvalue weighted by molar-refractivity contribution is -0.107. The topological polar surface area (TPSA) is 66.9 Å². The lowest BCUT2D eigenvalue weighted by Gasteiger charge is -2.11. The molecule has 0 spiro atoms. The van der Waals surface area contributed by atoms with E-state index >= 15 is 0 Å². The molecule has 3 heteroatoms. The van der Waals surface area contributed by atoms with Gasteiger partial charge in [-0.1, -0.05) is 30.3 Å². The molecule has 1 rings (SSSR count). The molecule has 0 amide bonds. The van der Waals surface area contributed by atoms with Crippen molar-refractivity contribution >= 4 is 12.1 Å². The number of carbonyl (C=O) groups excluding carboxylic acids is 1. The molecule has 0 saturated carbocycles. The molecule has 0 saturated heterocycles. The normalized spacial score (nSPS) is 12.0. The van der Waals surface area contributed by atoms with Crippen LogP contribution in [-0.2, 0) is 4.79 Å². The van der Waals surface area contributed by atoms with Crippen LogP contribution in [0.3, 0.4) is 0 Å². The summed E-state index contributed by atoms with van der Waals surface area (Å²) in [5, 5.41) is 7.31. The molecule has 13 heavy (non-hydrogen) atoms. The molecule has 0 aliphatic rings. The Kier molecular flexibility index (Phi) is 3.20. The fraction of sp³-hybridized carbons (Fsp3) is 0.200. The third-order valence-electron chi connectivity index (χ3n) is 1.91. The Hall–Kier alpha value is -1.64. The van der Waals surface area contributed by atoms with E-state index in [2.05, 4.69) is 0 Å². The highest BCUT2D eigenvalue weighted by atomic mass is 16.1. The van der Waals surface area contributed by atoms with Gasteiger partial charge in [-0.05, 0) is 5.56 Å². The Bertz CT molecular complexity index is 295. The standard InChI is InChI=1S/C10H12N2O/c11-10(12)9(6-7-13)8-4-2-1-3-5-8/h1-5,7,9H,6H2,(H3,11,12). The predicted molar refractivity (Wildman–Crippen MR) is 51.8 cm³/mol. The molecule has 68 valence electrons. The number of amidine groups is 1. The number of nitrogens with two attached hydrogens (primary N) is 1. The first-order valence-corrected chi connectivity index (χ1v) is 4.08. The van der Waals surface area contributed by atoms with Crippen molar-refractivity contribution in [3.8, 4) is 0 Å². The quantitative estimate of drug-likeness (QED) is 0.412. The zero-order valence-electron chi connectivity index (χ0n) is 7.23. The average Bonchev–Trinajstić information content (AvgIpc) is 2.15. The van der Waals surface area contributed by atoms with Crippen LogP contribution in [0.2, 0.25) is 0 Å². The van der Waals surface area contributed by atoms with E-state index in [0.717, 1.165) is 11.8 Å². The first-order chi connectivity index (χ1) is 6.25. The van der Waals surface area contributed by atoms with Crippen LogP contribution < -0.4 is 5.73 Å². The molecular formula is C10H12N2O. The Morgan fingerprint density at radius 2 is 2.08 bits per heavy atom. The average molecular weight is 176 g/mol. The molecule has 0 aliphatic heterocycles. The van der Waals surface area contributed by atoms with Gasteiger partial charge in [-0.2, -0.15) is 0 Å². The first kappa shape index (κ1) is 9.45. The number of benzene rings is 1. The van der Waals surface area contributed by atoms with E-state index < -0.39 is 0 Å². The van der Waals surface area contributed by atoms with Crippen molar-refractivity contribution in [2.24, 2.45) is 5.73 Å². The third-order valence-corrected chi connectivity index (χ3v) is 1.91. The van der Waals surface area contributed by atoms with Gasteiger partial charge in [0.05, 0.1) is 5.84 Å². The van der Waals surface area contributed by atoms with Gasteiger partial charge < -0.3 is 10.5 Å². The minimum atomic E-state index is -0.265. The number of carbonyl (C=O) groups is 1. The van der Waals surface area contributed by atoms with E-state index in [1.165, 1.54) is 0 Å². The Labute approximate surface area is 77.1 Å². The summed E-state index contributed by atoms with van der Waals surface area (Å²) >= 11 is 0. The Balaban J connectivity index is 2.88. The van der Waals surface area contributed by atoms with Crippen molar-refractivity contribution in [3.05, 3.63) is 35.9 Å². The van der Waals surface area contributed by atoms with Crippen LogP contribution in [0, 0.1) is 5.41 Å². The molecule has 1 aromatic rings. The van der Waals surface area contributed by atoms with E-state index in [0.29, 0.717) is 0 Å². The van der Waals surface area contributed by atoms with E-state index in [4.69, 9.17) is 11.1 Å². The van der Waals surface area contributed by atoms with Crippen molar-refractivity contribution < 1.29 is 4.79 Å². The molecule has 0 aromatic heterocycles. The molecule has 1 aromatic carbocycles. The SMILES string of the molecule is N=C(N)C(CC=O)c1ccccc1. The molecular weight excluding hydrogens is 164 g/mol. The van der Waals surface area contributed by atoms with Crippen molar-refractivity contribution in [2.45, 2.75) is 12.3 Å². The van der Waals surface area contributed by atoms with Crippen LogP contribution in [0.1, 0.15) is 17.9 Å². The third kappa shape index (κ3) is 2.40. The van der Waals surface area contributed by atoms with Crippen molar-refractivity contribution in [1.29, 1.82) is 5.41 Å². The molecule has 0 bridgehead atoms. The molecule has 0 aliphatic carbocycles. The summed E-state index contributed by atoms with van der Waals surface area (Å²) in [4.78, 5) is 10.3. The second-order valence-electron chi connectivity index (χ2n) is 2.82. The van der Waals surface area contributed by atoms with Crippen LogP contribution >= 0.6 is 0 Å². The molecule has 0 radical (unpaired) electrons. The van der Waals surface area contributed by atoms with Crippen LogP contribution in [0.15, 0.2) is 30.3 Å². The smallest absolute Gasteiger partial charge is 0.121 e. The van der Waals surface area contributed by atoms with Gasteiger partial charge in [-0.3, -0.25) is 5.41 Å². The number of hydrogen-bond acceptors (Lipinski definition) is 2. The van der Waals surface area contributed by atoms with Crippen molar-refractivity contribution in [1.82, 2.24) is 0 Å². The lowest BCUT2D eigenvalue weighted by atomic mass is 9.95. The monoisotopic (exact) mass is 176 g/mol. The van der Waals surface area contributed by atoms with Crippen LogP contribution in [0.4, 0.5) is 0 Å². The minimum Gasteiger partial charge on any atom is -0.387 e. The Morgan fingerprint density at radius 3 is 2.54 bits per heavy atom. The van der Waals surface area contributed by atoms with Crippen LogP contribution in [0.5, 0.6) is 0 Å². The number of aldehydes is 1. The second kappa shape index (κ2) is 4.40. The van der Waals surface area contributed by atoms with E-state index in [9.17, 15) is 4.79 Å². The van der Waals surface area contributed by atoms with E-state index in [-0.39, 0.29) is 18.2 Å². The number of hydrogen-bond donors (Lipinski definition) is 2. The zero-order valence-corrected chi connectivity index (χ0v) is 7.23. The Morgan fingerprint density at radius 1 is 1.46 bits per heavy atom. The van der Waals surface area contributed by atoms with Gasteiger partial charge in [0.25, 0.3) is 0 Å². The maximum absolute atomic E-state index is 10.3. The summed E-state index contributed by atoms with van der Waals surface area (Å²) in [7, 11) is 0. The van der Waals surface area contributed by atoms with Gasteiger partial charge in [0.2, 0.25) is 0 Å². The highest BCUT2D eigenvalue weighted by molar-refractivity contribution is 5.86. The molecule has 1 unspecified atom stereocenters. The molecule has 3 nitrogen and oxygen atoms in total. The van der Waals surface area contributed by atoms with E-state index in [1.54, 1.807) is 0 Å². The molecule has 0 fully saturated rings. The summed E-state index contributed by atoms with van der Waals surface area (Å²) in [5.41, 5.74) is 6.30. The summed E-state index contributed by atoms with van der Waals surface area (Å²) in [6.07, 6.45) is 1.07. The molecule has 0 heterocycles. The van der Waals surface area contributed by atoms with Gasteiger partial charge >= 0.3 is 0 Å². The second-order valence-corrected chi connectivity index (χ2v) is 2.82. The maximum Gasteiger partial charge on any atom is 0.121 e. The number of nitrogens with one attached hydrogen (secondary N) is 1. The highest BCUT2D eigenvalue weighted by Gasteiger charge is 2.12. The number of rotatable bonds is 4. The first-order valence-electron chi connectivity index (χ1n) is 4.08. The van der Waals surface area contributed by atoms with Gasteiger partial charge in [0, 0.05) is 12.3 Å². The minimum absolute atomic E-state index is 0.0401.